The molecular weight excluding hydrogens is 403 g/mol. The average Bonchev–Trinajstić information content (AvgIpc) is 3.22. The fourth-order valence-corrected chi connectivity index (χ4v) is 3.80. The van der Waals surface area contributed by atoms with E-state index in [9.17, 15) is 14.3 Å². The van der Waals surface area contributed by atoms with Gasteiger partial charge in [-0.3, -0.25) is 4.79 Å². The maximum atomic E-state index is 13.6. The summed E-state index contributed by atoms with van der Waals surface area (Å²) in [6, 6.07) is 23.1. The van der Waals surface area contributed by atoms with Crippen LogP contribution in [0.1, 0.15) is 41.4 Å². The molecule has 5 heteroatoms. The zero-order valence-electron chi connectivity index (χ0n) is 18.0. The molecule has 0 atom stereocenters. The third-order valence-electron chi connectivity index (χ3n) is 5.42. The summed E-state index contributed by atoms with van der Waals surface area (Å²) in [6.07, 6.45) is 0. The molecule has 4 nitrogen and oxygen atoms in total. The first-order chi connectivity index (χ1) is 15.5. The van der Waals surface area contributed by atoms with Crippen LogP contribution in [0.3, 0.4) is 0 Å². The van der Waals surface area contributed by atoms with E-state index in [0.29, 0.717) is 11.3 Å². The van der Waals surface area contributed by atoms with E-state index in [1.165, 1.54) is 12.1 Å². The summed E-state index contributed by atoms with van der Waals surface area (Å²) in [4.78, 5) is 17.0. The lowest BCUT2D eigenvalue weighted by Crippen LogP contribution is -2.15. The highest BCUT2D eigenvalue weighted by Gasteiger charge is 2.26. The molecular formula is C27H25FN2O2. The highest BCUT2D eigenvalue weighted by atomic mass is 19.1. The predicted molar refractivity (Wildman–Crippen MR) is 126 cm³/mol. The Morgan fingerprint density at radius 3 is 2.19 bits per heavy atom. The molecule has 0 radical (unpaired) electrons. The number of aromatic nitrogens is 1. The Bertz CT molecular complexity index is 1210. The number of amides is 1. The molecule has 162 valence electrons. The number of halogens is 1. The first kappa shape index (κ1) is 21.5. The maximum Gasteiger partial charge on any atom is 0.258 e. The first-order valence-corrected chi connectivity index (χ1v) is 10.6. The fraction of sp³-hybridized carbons (Fsp3) is 0.148. The largest absolute Gasteiger partial charge is 0.392 e. The standard InChI is InChI=1S/C27H25FN2O2/c1-17(2)25-24(27(32)29-22-14-8-18(16-31)9-15-22)23(19-6-4-3-5-7-19)26(30-25)20-10-12-21(28)13-11-20/h3-15,17,30-31H,16H2,1-2H3,(H,29,32). The van der Waals surface area contributed by atoms with Crippen molar-refractivity contribution in [2.24, 2.45) is 0 Å². The van der Waals surface area contributed by atoms with Crippen LogP contribution in [0.5, 0.6) is 0 Å². The van der Waals surface area contributed by atoms with Crippen LogP contribution in [0.4, 0.5) is 10.1 Å². The summed E-state index contributed by atoms with van der Waals surface area (Å²) in [5.74, 6) is -0.479. The van der Waals surface area contributed by atoms with Gasteiger partial charge in [0.25, 0.3) is 5.91 Å². The molecule has 1 heterocycles. The summed E-state index contributed by atoms with van der Waals surface area (Å²) in [5.41, 5.74) is 6.06. The summed E-state index contributed by atoms with van der Waals surface area (Å²) >= 11 is 0. The van der Waals surface area contributed by atoms with Crippen molar-refractivity contribution in [3.63, 3.8) is 0 Å². The minimum Gasteiger partial charge on any atom is -0.392 e. The Morgan fingerprint density at radius 1 is 0.938 bits per heavy atom. The number of carbonyl (C=O) groups is 1. The summed E-state index contributed by atoms with van der Waals surface area (Å²) in [5, 5.41) is 12.2. The molecule has 0 aliphatic heterocycles. The van der Waals surface area contributed by atoms with Gasteiger partial charge in [0.05, 0.1) is 17.9 Å². The molecule has 0 saturated heterocycles. The summed E-state index contributed by atoms with van der Waals surface area (Å²) in [7, 11) is 0. The van der Waals surface area contributed by atoms with Crippen molar-refractivity contribution in [1.82, 2.24) is 4.98 Å². The van der Waals surface area contributed by atoms with Crippen LogP contribution < -0.4 is 5.32 Å². The maximum absolute atomic E-state index is 13.6. The van der Waals surface area contributed by atoms with E-state index < -0.39 is 0 Å². The van der Waals surface area contributed by atoms with Crippen molar-refractivity contribution in [2.45, 2.75) is 26.4 Å². The van der Waals surface area contributed by atoms with Crippen LogP contribution >= 0.6 is 0 Å². The van der Waals surface area contributed by atoms with Gasteiger partial charge in [-0.05, 0) is 59.0 Å². The van der Waals surface area contributed by atoms with Crippen molar-refractivity contribution >= 4 is 11.6 Å². The third-order valence-corrected chi connectivity index (χ3v) is 5.42. The number of hydrogen-bond acceptors (Lipinski definition) is 2. The van der Waals surface area contributed by atoms with E-state index in [0.717, 1.165) is 33.6 Å². The molecule has 0 bridgehead atoms. The number of hydrogen-bond donors (Lipinski definition) is 3. The number of benzene rings is 3. The van der Waals surface area contributed by atoms with E-state index in [4.69, 9.17) is 0 Å². The minimum atomic E-state index is -0.310. The zero-order valence-corrected chi connectivity index (χ0v) is 18.0. The number of carbonyl (C=O) groups excluding carboxylic acids is 1. The Hall–Kier alpha value is -3.70. The molecule has 0 spiro atoms. The van der Waals surface area contributed by atoms with Gasteiger partial charge in [0.1, 0.15) is 5.82 Å². The molecule has 4 aromatic rings. The SMILES string of the molecule is CC(C)c1[nH]c(-c2ccc(F)cc2)c(-c2ccccc2)c1C(=O)Nc1ccc(CO)cc1. The van der Waals surface area contributed by atoms with E-state index in [-0.39, 0.29) is 24.2 Å². The van der Waals surface area contributed by atoms with Crippen LogP contribution in [-0.2, 0) is 6.61 Å². The molecule has 4 rings (SSSR count). The van der Waals surface area contributed by atoms with Crippen LogP contribution in [0.25, 0.3) is 22.4 Å². The monoisotopic (exact) mass is 428 g/mol. The normalized spacial score (nSPS) is 11.0. The van der Waals surface area contributed by atoms with Crippen molar-refractivity contribution in [2.75, 3.05) is 5.32 Å². The molecule has 32 heavy (non-hydrogen) atoms. The van der Waals surface area contributed by atoms with E-state index >= 15 is 0 Å². The molecule has 0 aliphatic rings. The van der Waals surface area contributed by atoms with Gasteiger partial charge in [-0.15, -0.1) is 0 Å². The van der Waals surface area contributed by atoms with Gasteiger partial charge in [-0.2, -0.15) is 0 Å². The molecule has 0 unspecified atom stereocenters. The Morgan fingerprint density at radius 2 is 1.59 bits per heavy atom. The van der Waals surface area contributed by atoms with Crippen LogP contribution in [0.2, 0.25) is 0 Å². The average molecular weight is 429 g/mol. The van der Waals surface area contributed by atoms with E-state index in [1.54, 1.807) is 36.4 Å². The number of aromatic amines is 1. The van der Waals surface area contributed by atoms with Crippen molar-refractivity contribution in [3.05, 3.63) is 102 Å². The van der Waals surface area contributed by atoms with Gasteiger partial charge >= 0.3 is 0 Å². The summed E-state index contributed by atoms with van der Waals surface area (Å²) in [6.45, 7) is 4.01. The number of nitrogens with one attached hydrogen (secondary N) is 2. The second-order valence-corrected chi connectivity index (χ2v) is 8.00. The Kier molecular flexibility index (Phi) is 6.19. The molecule has 0 saturated carbocycles. The highest BCUT2D eigenvalue weighted by Crippen LogP contribution is 2.39. The number of H-pyrrole nitrogens is 1. The van der Waals surface area contributed by atoms with Crippen LogP contribution in [-0.4, -0.2) is 16.0 Å². The van der Waals surface area contributed by atoms with Gasteiger partial charge in [-0.25, -0.2) is 4.39 Å². The molecule has 1 aromatic heterocycles. The number of rotatable bonds is 6. The van der Waals surface area contributed by atoms with Gasteiger partial charge in [0.15, 0.2) is 0 Å². The molecule has 3 aromatic carbocycles. The van der Waals surface area contributed by atoms with Crippen molar-refractivity contribution < 1.29 is 14.3 Å². The number of anilines is 1. The van der Waals surface area contributed by atoms with Gasteiger partial charge in [0.2, 0.25) is 0 Å². The number of aliphatic hydroxyl groups excluding tert-OH is 1. The third kappa shape index (κ3) is 4.34. The number of aliphatic hydroxyl groups is 1. The Balaban J connectivity index is 1.87. The lowest BCUT2D eigenvalue weighted by atomic mass is 9.94. The lowest BCUT2D eigenvalue weighted by molar-refractivity contribution is 0.102. The van der Waals surface area contributed by atoms with Gasteiger partial charge < -0.3 is 15.4 Å². The quantitative estimate of drug-likeness (QED) is 0.335. The van der Waals surface area contributed by atoms with E-state index in [2.05, 4.69) is 10.3 Å². The van der Waals surface area contributed by atoms with Crippen LogP contribution in [0, 0.1) is 5.82 Å². The smallest absolute Gasteiger partial charge is 0.258 e. The van der Waals surface area contributed by atoms with Crippen molar-refractivity contribution in [3.8, 4) is 22.4 Å². The van der Waals surface area contributed by atoms with E-state index in [1.807, 2.05) is 44.2 Å². The second-order valence-electron chi connectivity index (χ2n) is 8.00. The molecule has 0 fully saturated rings. The topological polar surface area (TPSA) is 65.1 Å². The van der Waals surface area contributed by atoms with Crippen LogP contribution in [0.15, 0.2) is 78.9 Å². The lowest BCUT2D eigenvalue weighted by Gasteiger charge is -2.12. The van der Waals surface area contributed by atoms with Crippen molar-refractivity contribution in [1.29, 1.82) is 0 Å². The first-order valence-electron chi connectivity index (χ1n) is 10.6. The fourth-order valence-electron chi connectivity index (χ4n) is 3.80. The predicted octanol–water partition coefficient (Wildman–Crippen LogP) is 6.36. The zero-order chi connectivity index (χ0) is 22.7. The van der Waals surface area contributed by atoms with Gasteiger partial charge in [0, 0.05) is 16.9 Å². The molecule has 1 amide bonds. The minimum absolute atomic E-state index is 0.0529. The molecule has 3 N–H and O–H groups in total. The Labute approximate surface area is 186 Å². The highest BCUT2D eigenvalue weighted by molar-refractivity contribution is 6.12. The van der Waals surface area contributed by atoms with Gasteiger partial charge in [-0.1, -0.05) is 56.3 Å². The molecule has 0 aliphatic carbocycles. The second kappa shape index (κ2) is 9.20. The summed E-state index contributed by atoms with van der Waals surface area (Å²) < 4.78 is 13.6.